The highest BCUT2D eigenvalue weighted by atomic mass is 35.5. The van der Waals surface area contributed by atoms with Gasteiger partial charge < -0.3 is 14.8 Å². The highest BCUT2D eigenvalue weighted by molar-refractivity contribution is 6.30. The van der Waals surface area contributed by atoms with Gasteiger partial charge in [0.2, 0.25) is 0 Å². The zero-order valence-electron chi connectivity index (χ0n) is 20.3. The van der Waals surface area contributed by atoms with Crippen molar-refractivity contribution in [3.05, 3.63) is 64.3 Å². The Hall–Kier alpha value is -3.32. The number of rotatable bonds is 7. The maximum absolute atomic E-state index is 13.4. The summed E-state index contributed by atoms with van der Waals surface area (Å²) in [5.74, 6) is -0.170. The van der Waals surface area contributed by atoms with Crippen molar-refractivity contribution in [1.29, 1.82) is 0 Å². The molecule has 0 bridgehead atoms. The summed E-state index contributed by atoms with van der Waals surface area (Å²) in [7, 11) is 1.55. The molecular weight excluding hydrogens is 466 g/mol. The summed E-state index contributed by atoms with van der Waals surface area (Å²) in [6.07, 6.45) is 5.35. The predicted octanol–water partition coefficient (Wildman–Crippen LogP) is 5.75. The number of aromatic nitrogens is 2. The molecule has 3 aromatic rings. The first kappa shape index (κ1) is 24.8. The van der Waals surface area contributed by atoms with Crippen LogP contribution >= 0.6 is 11.6 Å². The first-order chi connectivity index (χ1) is 16.9. The fourth-order valence-electron chi connectivity index (χ4n) is 4.61. The number of benzene rings is 2. The molecule has 0 unspecified atom stereocenters. The maximum atomic E-state index is 13.4. The molecule has 35 heavy (non-hydrogen) atoms. The molecule has 0 aliphatic heterocycles. The molecule has 0 atom stereocenters. The van der Waals surface area contributed by atoms with Crippen LogP contribution in [-0.4, -0.2) is 41.4 Å². The van der Waals surface area contributed by atoms with Gasteiger partial charge in [0.05, 0.1) is 25.0 Å². The molecule has 7 nitrogen and oxygen atoms in total. The third kappa shape index (κ3) is 5.20. The lowest BCUT2D eigenvalue weighted by Crippen LogP contribution is -2.36. The van der Waals surface area contributed by atoms with Crippen LogP contribution in [0, 0.1) is 6.92 Å². The van der Waals surface area contributed by atoms with E-state index >= 15 is 0 Å². The monoisotopic (exact) mass is 495 g/mol. The number of halogens is 1. The molecule has 0 radical (unpaired) electrons. The van der Waals surface area contributed by atoms with E-state index in [4.69, 9.17) is 26.2 Å². The van der Waals surface area contributed by atoms with E-state index < -0.39 is 5.97 Å². The molecule has 184 valence electrons. The minimum absolute atomic E-state index is 0.140. The first-order valence-electron chi connectivity index (χ1n) is 12.0. The Labute approximate surface area is 210 Å². The van der Waals surface area contributed by atoms with Crippen molar-refractivity contribution >= 4 is 23.5 Å². The molecule has 0 spiro atoms. The quantitative estimate of drug-likeness (QED) is 0.422. The summed E-state index contributed by atoms with van der Waals surface area (Å²) >= 11 is 6.20. The Kier molecular flexibility index (Phi) is 7.76. The Morgan fingerprint density at radius 2 is 1.89 bits per heavy atom. The molecule has 1 aliphatic carbocycles. The van der Waals surface area contributed by atoms with Gasteiger partial charge >= 0.3 is 5.97 Å². The highest BCUT2D eigenvalue weighted by Gasteiger charge is 2.28. The third-order valence-electron chi connectivity index (χ3n) is 6.33. The van der Waals surface area contributed by atoms with Crippen molar-refractivity contribution in [2.24, 2.45) is 0 Å². The van der Waals surface area contributed by atoms with Crippen molar-refractivity contribution in [3.63, 3.8) is 0 Å². The number of nitrogens with one attached hydrogen (secondary N) is 1. The van der Waals surface area contributed by atoms with E-state index in [0.717, 1.165) is 25.7 Å². The summed E-state index contributed by atoms with van der Waals surface area (Å²) < 4.78 is 12.5. The normalized spacial score (nSPS) is 13.9. The molecule has 1 aromatic heterocycles. The maximum Gasteiger partial charge on any atom is 0.338 e. The van der Waals surface area contributed by atoms with Gasteiger partial charge in [0.25, 0.3) is 5.91 Å². The van der Waals surface area contributed by atoms with Crippen LogP contribution in [0.5, 0.6) is 5.75 Å². The van der Waals surface area contributed by atoms with Crippen molar-refractivity contribution in [1.82, 2.24) is 15.1 Å². The molecule has 1 amide bonds. The molecule has 1 aliphatic rings. The lowest BCUT2D eigenvalue weighted by molar-refractivity contribution is 0.0527. The third-order valence-corrected chi connectivity index (χ3v) is 6.56. The Bertz CT molecular complexity index is 1230. The van der Waals surface area contributed by atoms with Crippen LogP contribution in [0.2, 0.25) is 5.02 Å². The lowest BCUT2D eigenvalue weighted by atomic mass is 9.95. The van der Waals surface area contributed by atoms with Crippen LogP contribution < -0.4 is 10.1 Å². The van der Waals surface area contributed by atoms with Gasteiger partial charge in [-0.1, -0.05) is 49.1 Å². The van der Waals surface area contributed by atoms with Crippen molar-refractivity contribution in [2.45, 2.75) is 52.0 Å². The second kappa shape index (κ2) is 11.0. The standard InChI is InChI=1S/C27H30ClN3O4/c1-4-35-27(33)21-13-9-8-12-20(21)25-17(2)24(26(32)29-19-10-6-5-7-11-19)30-31(25)22-15-14-18(28)16-23(22)34-3/h8-9,12-16,19H,4-7,10-11H2,1-3H3,(H,29,32). The van der Waals surface area contributed by atoms with Crippen molar-refractivity contribution in [2.75, 3.05) is 13.7 Å². The molecular formula is C27H30ClN3O4. The van der Waals surface area contributed by atoms with E-state index in [1.165, 1.54) is 6.42 Å². The van der Waals surface area contributed by atoms with Crippen LogP contribution in [0.1, 0.15) is 65.4 Å². The van der Waals surface area contributed by atoms with Crippen LogP contribution in [0.4, 0.5) is 0 Å². The van der Waals surface area contributed by atoms with E-state index in [9.17, 15) is 9.59 Å². The van der Waals surface area contributed by atoms with Crippen molar-refractivity contribution < 1.29 is 19.1 Å². The van der Waals surface area contributed by atoms with Crippen LogP contribution in [0.3, 0.4) is 0 Å². The van der Waals surface area contributed by atoms with Gasteiger partial charge in [0, 0.05) is 28.3 Å². The summed E-state index contributed by atoms with van der Waals surface area (Å²) in [6.45, 7) is 3.87. The fourth-order valence-corrected chi connectivity index (χ4v) is 4.77. The lowest BCUT2D eigenvalue weighted by Gasteiger charge is -2.22. The summed E-state index contributed by atoms with van der Waals surface area (Å²) in [5, 5.41) is 8.40. The minimum atomic E-state index is -0.438. The molecule has 1 heterocycles. The van der Waals surface area contributed by atoms with E-state index in [1.807, 2.05) is 19.1 Å². The average molecular weight is 496 g/mol. The van der Waals surface area contributed by atoms with Gasteiger partial charge in [-0.3, -0.25) is 4.79 Å². The number of amides is 1. The zero-order chi connectivity index (χ0) is 24.9. The van der Waals surface area contributed by atoms with Gasteiger partial charge in [-0.15, -0.1) is 0 Å². The summed E-state index contributed by atoms with van der Waals surface area (Å²) in [4.78, 5) is 26.2. The van der Waals surface area contributed by atoms with E-state index in [0.29, 0.717) is 44.5 Å². The van der Waals surface area contributed by atoms with Gasteiger partial charge in [-0.25, -0.2) is 9.48 Å². The van der Waals surface area contributed by atoms with Crippen LogP contribution in [-0.2, 0) is 4.74 Å². The molecule has 4 rings (SSSR count). The molecule has 8 heteroatoms. The number of carbonyl (C=O) groups excluding carboxylic acids is 2. The predicted molar refractivity (Wildman–Crippen MR) is 136 cm³/mol. The number of esters is 1. The highest BCUT2D eigenvalue weighted by Crippen LogP contribution is 2.35. The van der Waals surface area contributed by atoms with E-state index in [-0.39, 0.29) is 18.6 Å². The fraction of sp³-hybridized carbons (Fsp3) is 0.370. The Morgan fingerprint density at radius 1 is 1.14 bits per heavy atom. The first-order valence-corrected chi connectivity index (χ1v) is 12.3. The Balaban J connectivity index is 1.89. The van der Waals surface area contributed by atoms with Gasteiger partial charge in [0.1, 0.15) is 11.4 Å². The molecule has 2 aromatic carbocycles. The smallest absolute Gasteiger partial charge is 0.338 e. The number of hydrogen-bond donors (Lipinski definition) is 1. The van der Waals surface area contributed by atoms with Gasteiger partial charge in [-0.05, 0) is 44.9 Å². The second-order valence-corrected chi connectivity index (χ2v) is 9.06. The van der Waals surface area contributed by atoms with Crippen LogP contribution in [0.25, 0.3) is 16.9 Å². The van der Waals surface area contributed by atoms with Gasteiger partial charge in [-0.2, -0.15) is 5.10 Å². The molecule has 1 saturated carbocycles. The molecule has 1 N–H and O–H groups in total. The van der Waals surface area contributed by atoms with E-state index in [2.05, 4.69) is 5.32 Å². The second-order valence-electron chi connectivity index (χ2n) is 8.62. The number of hydrogen-bond acceptors (Lipinski definition) is 5. The minimum Gasteiger partial charge on any atom is -0.494 e. The number of ether oxygens (including phenoxy) is 2. The molecule has 0 saturated heterocycles. The number of methoxy groups -OCH3 is 1. The van der Waals surface area contributed by atoms with Gasteiger partial charge in [0.15, 0.2) is 5.69 Å². The SMILES string of the molecule is CCOC(=O)c1ccccc1-c1c(C)c(C(=O)NC2CCCCC2)nn1-c1ccc(Cl)cc1OC. The topological polar surface area (TPSA) is 82.5 Å². The number of nitrogens with zero attached hydrogens (tertiary/aromatic N) is 2. The van der Waals surface area contributed by atoms with Crippen molar-refractivity contribution in [3.8, 4) is 22.7 Å². The zero-order valence-corrected chi connectivity index (χ0v) is 21.0. The summed E-state index contributed by atoms with van der Waals surface area (Å²) in [5.41, 5.74) is 3.19. The molecule has 1 fully saturated rings. The summed E-state index contributed by atoms with van der Waals surface area (Å²) in [6, 6.07) is 12.5. The average Bonchev–Trinajstić information content (AvgIpc) is 3.21. The Morgan fingerprint density at radius 3 is 2.60 bits per heavy atom. The largest absolute Gasteiger partial charge is 0.494 e. The van der Waals surface area contributed by atoms with Crippen LogP contribution in [0.15, 0.2) is 42.5 Å². The number of carbonyl (C=O) groups is 2. The van der Waals surface area contributed by atoms with E-state index in [1.54, 1.807) is 49.0 Å².